The molecule has 0 atom stereocenters. The van der Waals surface area contributed by atoms with Crippen molar-refractivity contribution in [3.8, 4) is 0 Å². The third kappa shape index (κ3) is 2.71. The Hall–Kier alpha value is -2.64. The molecule has 0 aliphatic heterocycles. The molecule has 1 N–H and O–H groups in total. The van der Waals surface area contributed by atoms with E-state index in [2.05, 4.69) is 20.1 Å². The summed E-state index contributed by atoms with van der Waals surface area (Å²) in [5, 5.41) is 4.81. The van der Waals surface area contributed by atoms with Crippen LogP contribution < -0.4 is 10.5 Å². The predicted molar refractivity (Wildman–Crippen MR) is 88.5 cm³/mol. The molecule has 3 aromatic heterocycles. The van der Waals surface area contributed by atoms with Crippen molar-refractivity contribution >= 4 is 17.0 Å². The van der Waals surface area contributed by atoms with E-state index in [1.54, 1.807) is 17.1 Å². The molecule has 0 saturated carbocycles. The van der Waals surface area contributed by atoms with Crippen molar-refractivity contribution in [3.05, 3.63) is 34.8 Å². The fraction of sp³-hybridized carbons (Fsp3) is 0.467. The first-order valence-electron chi connectivity index (χ1n) is 7.43. The summed E-state index contributed by atoms with van der Waals surface area (Å²) in [6, 6.07) is 0. The van der Waals surface area contributed by atoms with Crippen LogP contribution in [0.25, 0.3) is 11.0 Å². The number of H-pyrrole nitrogens is 1. The molecule has 0 amide bonds. The van der Waals surface area contributed by atoms with Crippen LogP contribution in [0.4, 0.5) is 5.95 Å². The van der Waals surface area contributed by atoms with Crippen LogP contribution >= 0.6 is 0 Å². The first-order valence-corrected chi connectivity index (χ1v) is 7.43. The van der Waals surface area contributed by atoms with Crippen LogP contribution in [0, 0.1) is 0 Å². The van der Waals surface area contributed by atoms with Gasteiger partial charge in [0.2, 0.25) is 5.95 Å². The van der Waals surface area contributed by atoms with Crippen molar-refractivity contribution in [1.29, 1.82) is 0 Å². The van der Waals surface area contributed by atoms with Gasteiger partial charge in [0.05, 0.1) is 18.3 Å². The maximum Gasteiger partial charge on any atom is 0.263 e. The van der Waals surface area contributed by atoms with Gasteiger partial charge in [-0.25, -0.2) is 9.67 Å². The molecule has 3 aromatic rings. The van der Waals surface area contributed by atoms with E-state index in [4.69, 9.17) is 0 Å². The Morgan fingerprint density at radius 3 is 2.70 bits per heavy atom. The molecule has 0 radical (unpaired) electrons. The second-order valence-electron chi connectivity index (χ2n) is 6.66. The van der Waals surface area contributed by atoms with Gasteiger partial charge in [-0.05, 0) is 20.8 Å². The van der Waals surface area contributed by atoms with Gasteiger partial charge in [0.1, 0.15) is 11.2 Å². The molecule has 8 heteroatoms. The summed E-state index contributed by atoms with van der Waals surface area (Å²) >= 11 is 0. The molecule has 0 saturated heterocycles. The first-order chi connectivity index (χ1) is 10.8. The Labute approximate surface area is 133 Å². The van der Waals surface area contributed by atoms with Gasteiger partial charge in [-0.15, -0.1) is 0 Å². The van der Waals surface area contributed by atoms with Gasteiger partial charge in [0.15, 0.2) is 5.65 Å². The van der Waals surface area contributed by atoms with Crippen LogP contribution in [0.15, 0.2) is 23.4 Å². The van der Waals surface area contributed by atoms with Gasteiger partial charge in [0, 0.05) is 26.5 Å². The van der Waals surface area contributed by atoms with E-state index >= 15 is 0 Å². The fourth-order valence-electron chi connectivity index (χ4n) is 2.41. The predicted octanol–water partition coefficient (Wildman–Crippen LogP) is 1.24. The average Bonchev–Trinajstić information content (AvgIpc) is 3.05. The summed E-state index contributed by atoms with van der Waals surface area (Å²) in [5.41, 5.74) is 0.146. The van der Waals surface area contributed by atoms with Gasteiger partial charge < -0.3 is 9.47 Å². The van der Waals surface area contributed by atoms with Crippen molar-refractivity contribution in [3.63, 3.8) is 0 Å². The second-order valence-corrected chi connectivity index (χ2v) is 6.66. The van der Waals surface area contributed by atoms with Crippen LogP contribution in [-0.2, 0) is 19.1 Å². The number of imidazole rings is 1. The van der Waals surface area contributed by atoms with E-state index in [0.717, 1.165) is 5.82 Å². The molecule has 8 nitrogen and oxygen atoms in total. The lowest BCUT2D eigenvalue weighted by Crippen LogP contribution is -2.27. The molecule has 0 bridgehead atoms. The molecule has 0 aromatic carbocycles. The number of rotatable bonds is 3. The zero-order valence-electron chi connectivity index (χ0n) is 14.0. The highest BCUT2D eigenvalue weighted by atomic mass is 16.1. The van der Waals surface area contributed by atoms with Crippen LogP contribution in [-0.4, -0.2) is 36.3 Å². The number of hydrogen-bond donors (Lipinski definition) is 1. The first kappa shape index (κ1) is 15.3. The number of nitrogens with one attached hydrogen (secondary N) is 1. The van der Waals surface area contributed by atoms with Crippen LogP contribution in [0.5, 0.6) is 0 Å². The third-order valence-corrected chi connectivity index (χ3v) is 3.72. The molecule has 0 spiro atoms. The smallest absolute Gasteiger partial charge is 0.263 e. The zero-order valence-corrected chi connectivity index (χ0v) is 14.0. The maximum absolute atomic E-state index is 12.3. The Morgan fingerprint density at radius 2 is 2.09 bits per heavy atom. The van der Waals surface area contributed by atoms with E-state index in [9.17, 15) is 4.79 Å². The molecule has 0 aliphatic rings. The van der Waals surface area contributed by atoms with Crippen LogP contribution in [0.3, 0.4) is 0 Å². The number of aryl methyl sites for hydroxylation is 1. The highest BCUT2D eigenvalue weighted by Crippen LogP contribution is 2.19. The second kappa shape index (κ2) is 5.22. The average molecular weight is 315 g/mol. The quantitative estimate of drug-likeness (QED) is 0.786. The van der Waals surface area contributed by atoms with Gasteiger partial charge >= 0.3 is 0 Å². The summed E-state index contributed by atoms with van der Waals surface area (Å²) in [5.74, 6) is 1.39. The van der Waals surface area contributed by atoms with Crippen molar-refractivity contribution in [2.75, 3.05) is 11.9 Å². The molecule has 0 aliphatic carbocycles. The fourth-order valence-corrected chi connectivity index (χ4v) is 2.41. The van der Waals surface area contributed by atoms with Crippen molar-refractivity contribution in [2.45, 2.75) is 32.9 Å². The number of aromatic nitrogens is 6. The minimum absolute atomic E-state index is 0.188. The largest absolute Gasteiger partial charge is 0.338 e. The molecule has 0 unspecified atom stereocenters. The van der Waals surface area contributed by atoms with E-state index in [-0.39, 0.29) is 11.1 Å². The third-order valence-electron chi connectivity index (χ3n) is 3.72. The maximum atomic E-state index is 12.3. The summed E-state index contributed by atoms with van der Waals surface area (Å²) in [6.45, 7) is 6.63. The number of nitrogens with zero attached hydrogens (tertiary/aromatic N) is 6. The minimum atomic E-state index is -0.252. The van der Waals surface area contributed by atoms with E-state index in [0.29, 0.717) is 23.5 Å². The number of hydrogen-bond acceptors (Lipinski definition) is 5. The lowest BCUT2D eigenvalue weighted by molar-refractivity contribution is 0.366. The Balaban J connectivity index is 2.04. The molecule has 3 heterocycles. The highest BCUT2D eigenvalue weighted by Gasteiger charge is 2.20. The van der Waals surface area contributed by atoms with Crippen LogP contribution in [0.2, 0.25) is 0 Å². The molecular formula is C15H21N7O. The van der Waals surface area contributed by atoms with E-state index in [1.807, 2.05) is 50.5 Å². The highest BCUT2D eigenvalue weighted by molar-refractivity contribution is 5.74. The van der Waals surface area contributed by atoms with Gasteiger partial charge in [-0.3, -0.25) is 9.78 Å². The summed E-state index contributed by atoms with van der Waals surface area (Å²) in [6.07, 6.45) is 5.20. The van der Waals surface area contributed by atoms with E-state index < -0.39 is 0 Å². The van der Waals surface area contributed by atoms with Gasteiger partial charge in [0.25, 0.3) is 5.56 Å². The molecular weight excluding hydrogens is 294 g/mol. The minimum Gasteiger partial charge on any atom is -0.338 e. The Morgan fingerprint density at radius 1 is 1.35 bits per heavy atom. The van der Waals surface area contributed by atoms with Crippen molar-refractivity contribution in [2.24, 2.45) is 7.05 Å². The normalized spacial score (nSPS) is 12.0. The number of fused-ring (bicyclic) bond motifs is 1. The molecule has 3 rings (SSSR count). The Bertz CT molecular complexity index is 897. The lowest BCUT2D eigenvalue weighted by Gasteiger charge is -2.21. The molecule has 0 fully saturated rings. The van der Waals surface area contributed by atoms with Crippen LogP contribution in [0.1, 0.15) is 26.6 Å². The van der Waals surface area contributed by atoms with Crippen molar-refractivity contribution in [1.82, 2.24) is 29.3 Å². The molecule has 23 heavy (non-hydrogen) atoms. The SMILES string of the molecule is CN(Cc1nccn1C)c1nc2c(cnn2C(C)(C)C)c(=O)[nH]1. The number of anilines is 1. The zero-order chi connectivity index (χ0) is 16.8. The standard InChI is InChI=1S/C15H21N7O/c1-15(2,3)22-12-10(8-17-22)13(23)19-14(18-12)21(5)9-11-16-6-7-20(11)4/h6-8H,9H2,1-5H3,(H,18,19,23). The summed E-state index contributed by atoms with van der Waals surface area (Å²) in [4.78, 5) is 25.9. The number of aromatic amines is 1. The van der Waals surface area contributed by atoms with Crippen molar-refractivity contribution < 1.29 is 0 Å². The molecule has 122 valence electrons. The Kier molecular flexibility index (Phi) is 3.46. The summed E-state index contributed by atoms with van der Waals surface area (Å²) in [7, 11) is 3.81. The topological polar surface area (TPSA) is 84.6 Å². The summed E-state index contributed by atoms with van der Waals surface area (Å²) < 4.78 is 3.71. The van der Waals surface area contributed by atoms with Gasteiger partial charge in [-0.1, -0.05) is 0 Å². The monoisotopic (exact) mass is 315 g/mol. The lowest BCUT2D eigenvalue weighted by atomic mass is 10.1. The van der Waals surface area contributed by atoms with E-state index in [1.165, 1.54) is 0 Å². The van der Waals surface area contributed by atoms with Gasteiger partial charge in [-0.2, -0.15) is 10.1 Å².